The van der Waals surface area contributed by atoms with Crippen LogP contribution >= 0.6 is 0 Å². The summed E-state index contributed by atoms with van der Waals surface area (Å²) in [7, 11) is 1.77. The number of benzene rings is 1. The minimum absolute atomic E-state index is 0.0559. The number of pyridine rings is 1. The minimum Gasteiger partial charge on any atom is -0.490 e. The van der Waals surface area contributed by atoms with Gasteiger partial charge in [-0.25, -0.2) is 0 Å². The first-order chi connectivity index (χ1) is 13.6. The fourth-order valence-corrected chi connectivity index (χ4v) is 3.86. The molecule has 0 spiro atoms. The highest BCUT2D eigenvalue weighted by atomic mass is 16.5. The van der Waals surface area contributed by atoms with Crippen LogP contribution in [0.25, 0.3) is 11.1 Å². The normalized spacial score (nSPS) is 16.1. The van der Waals surface area contributed by atoms with E-state index in [-0.39, 0.29) is 17.7 Å². The van der Waals surface area contributed by atoms with E-state index >= 15 is 0 Å². The molecule has 3 aromatic rings. The third-order valence-corrected chi connectivity index (χ3v) is 5.63. The van der Waals surface area contributed by atoms with Gasteiger partial charge in [-0.1, -0.05) is 36.8 Å². The van der Waals surface area contributed by atoms with Gasteiger partial charge in [-0.15, -0.1) is 0 Å². The lowest BCUT2D eigenvalue weighted by molar-refractivity contribution is 0.155. The molecular weight excluding hydrogens is 350 g/mol. The highest BCUT2D eigenvalue weighted by Gasteiger charge is 2.19. The molecule has 5 nitrogen and oxygen atoms in total. The molecule has 0 N–H and O–H groups in total. The summed E-state index contributed by atoms with van der Waals surface area (Å²) in [6.45, 7) is 2.13. The number of aromatic nitrogens is 3. The summed E-state index contributed by atoms with van der Waals surface area (Å²) < 4.78 is 9.84. The first-order valence-corrected chi connectivity index (χ1v) is 10.1. The second-order valence-corrected chi connectivity index (χ2v) is 7.67. The first kappa shape index (κ1) is 18.5. The second kappa shape index (κ2) is 8.05. The molecule has 1 fully saturated rings. The zero-order valence-electron chi connectivity index (χ0n) is 16.5. The quantitative estimate of drug-likeness (QED) is 0.654. The van der Waals surface area contributed by atoms with Crippen molar-refractivity contribution >= 4 is 0 Å². The van der Waals surface area contributed by atoms with Gasteiger partial charge in [0.15, 0.2) is 0 Å². The first-order valence-electron chi connectivity index (χ1n) is 10.1. The smallest absolute Gasteiger partial charge is 0.254 e. The van der Waals surface area contributed by atoms with E-state index in [1.807, 2.05) is 41.5 Å². The summed E-state index contributed by atoms with van der Waals surface area (Å²) in [5, 5.41) is 4.58. The largest absolute Gasteiger partial charge is 0.490 e. The van der Waals surface area contributed by atoms with Crippen LogP contribution in [0.15, 0.2) is 59.8 Å². The van der Waals surface area contributed by atoms with Crippen molar-refractivity contribution in [3.8, 4) is 16.9 Å². The predicted octanol–water partition coefficient (Wildman–Crippen LogP) is 4.57. The Labute approximate surface area is 165 Å². The van der Waals surface area contributed by atoms with Gasteiger partial charge >= 0.3 is 0 Å². The Hall–Kier alpha value is -2.82. The Morgan fingerprint density at radius 1 is 1.11 bits per heavy atom. The third kappa shape index (κ3) is 3.88. The van der Waals surface area contributed by atoms with Crippen molar-refractivity contribution in [3.63, 3.8) is 0 Å². The van der Waals surface area contributed by atoms with E-state index < -0.39 is 0 Å². The maximum Gasteiger partial charge on any atom is 0.254 e. The van der Waals surface area contributed by atoms with Crippen LogP contribution in [0.2, 0.25) is 0 Å². The molecule has 1 atom stereocenters. The van der Waals surface area contributed by atoms with Gasteiger partial charge in [0.25, 0.3) is 5.56 Å². The molecule has 5 heteroatoms. The lowest BCUT2D eigenvalue weighted by Crippen LogP contribution is -2.22. The molecule has 0 amide bonds. The molecule has 0 saturated heterocycles. The number of hydrogen-bond donors (Lipinski definition) is 0. The Morgan fingerprint density at radius 3 is 2.61 bits per heavy atom. The average Bonchev–Trinajstić information content (AvgIpc) is 3.21. The average molecular weight is 377 g/mol. The van der Waals surface area contributed by atoms with E-state index in [4.69, 9.17) is 4.74 Å². The van der Waals surface area contributed by atoms with Crippen LogP contribution in [0, 0.1) is 0 Å². The van der Waals surface area contributed by atoms with Gasteiger partial charge in [0.2, 0.25) is 0 Å². The van der Waals surface area contributed by atoms with E-state index in [2.05, 4.69) is 24.2 Å². The van der Waals surface area contributed by atoms with Gasteiger partial charge in [-0.05, 0) is 38.2 Å². The molecule has 4 rings (SSSR count). The van der Waals surface area contributed by atoms with Crippen molar-refractivity contribution in [1.82, 2.24) is 14.3 Å². The molecule has 28 heavy (non-hydrogen) atoms. The molecule has 1 unspecified atom stereocenters. The number of ether oxygens (including phenoxy) is 1. The van der Waals surface area contributed by atoms with Gasteiger partial charge in [0, 0.05) is 36.6 Å². The zero-order valence-corrected chi connectivity index (χ0v) is 16.5. The van der Waals surface area contributed by atoms with Gasteiger partial charge in [0.1, 0.15) is 5.75 Å². The predicted molar refractivity (Wildman–Crippen MR) is 111 cm³/mol. The third-order valence-electron chi connectivity index (χ3n) is 5.63. The van der Waals surface area contributed by atoms with Crippen LogP contribution in [0.1, 0.15) is 50.6 Å². The van der Waals surface area contributed by atoms with Crippen molar-refractivity contribution < 1.29 is 4.74 Å². The lowest BCUT2D eigenvalue weighted by atomic mass is 9.97. The molecule has 0 bridgehead atoms. The topological polar surface area (TPSA) is 49.0 Å². The summed E-state index contributed by atoms with van der Waals surface area (Å²) in [5.74, 6) is 0.668. The van der Waals surface area contributed by atoms with Crippen LogP contribution in [0.3, 0.4) is 0 Å². The van der Waals surface area contributed by atoms with E-state index in [1.54, 1.807) is 17.7 Å². The summed E-state index contributed by atoms with van der Waals surface area (Å²) in [6.07, 6.45) is 11.7. The van der Waals surface area contributed by atoms with Crippen molar-refractivity contribution in [2.75, 3.05) is 0 Å². The summed E-state index contributed by atoms with van der Waals surface area (Å²) in [5.41, 5.74) is 3.03. The molecule has 1 aliphatic rings. The SMILES string of the molecule is CC(c1ccccc1)n1cc(-c2cn(C)c(=O)cc2OC2CCCCC2)cn1. The monoisotopic (exact) mass is 377 g/mol. The van der Waals surface area contributed by atoms with Gasteiger partial charge < -0.3 is 9.30 Å². The van der Waals surface area contributed by atoms with Crippen molar-refractivity contribution in [1.29, 1.82) is 0 Å². The Bertz CT molecular complexity index is 985. The number of nitrogens with zero attached hydrogens (tertiary/aromatic N) is 3. The number of rotatable bonds is 5. The standard InChI is InChI=1S/C23H27N3O2/c1-17(18-9-5-3-6-10-18)26-15-19(14-24-26)21-16-25(2)23(27)13-22(21)28-20-11-7-4-8-12-20/h3,5-6,9-10,13-17,20H,4,7-8,11-12H2,1-2H3. The molecule has 2 heterocycles. The molecule has 146 valence electrons. The van der Waals surface area contributed by atoms with Gasteiger partial charge in [-0.2, -0.15) is 5.10 Å². The van der Waals surface area contributed by atoms with E-state index in [0.29, 0.717) is 5.75 Å². The molecule has 1 aliphatic carbocycles. The van der Waals surface area contributed by atoms with Crippen LogP contribution in [0.5, 0.6) is 5.75 Å². The maximum atomic E-state index is 12.2. The van der Waals surface area contributed by atoms with Crippen LogP contribution < -0.4 is 10.3 Å². The van der Waals surface area contributed by atoms with Crippen molar-refractivity contribution in [3.05, 3.63) is 70.9 Å². The summed E-state index contributed by atoms with van der Waals surface area (Å²) >= 11 is 0. The summed E-state index contributed by atoms with van der Waals surface area (Å²) in [6, 6.07) is 12.1. The maximum absolute atomic E-state index is 12.2. The Morgan fingerprint density at radius 2 is 1.86 bits per heavy atom. The number of aryl methyl sites for hydroxylation is 1. The zero-order chi connectivity index (χ0) is 19.5. The van der Waals surface area contributed by atoms with Gasteiger partial charge in [-0.3, -0.25) is 9.48 Å². The molecule has 1 aromatic carbocycles. The highest BCUT2D eigenvalue weighted by molar-refractivity contribution is 5.68. The van der Waals surface area contributed by atoms with Crippen LogP contribution in [-0.2, 0) is 7.05 Å². The molecule has 1 saturated carbocycles. The van der Waals surface area contributed by atoms with Crippen LogP contribution in [-0.4, -0.2) is 20.5 Å². The highest BCUT2D eigenvalue weighted by Crippen LogP contribution is 2.32. The van der Waals surface area contributed by atoms with E-state index in [1.165, 1.54) is 24.8 Å². The molecule has 2 aromatic heterocycles. The number of hydrogen-bond acceptors (Lipinski definition) is 3. The Kier molecular flexibility index (Phi) is 5.33. The minimum atomic E-state index is -0.0559. The Balaban J connectivity index is 1.66. The molecular formula is C23H27N3O2. The lowest BCUT2D eigenvalue weighted by Gasteiger charge is -2.24. The van der Waals surface area contributed by atoms with Crippen LogP contribution in [0.4, 0.5) is 0 Å². The fraction of sp³-hybridized carbons (Fsp3) is 0.391. The van der Waals surface area contributed by atoms with Gasteiger partial charge in [0.05, 0.1) is 18.3 Å². The van der Waals surface area contributed by atoms with Crippen molar-refractivity contribution in [2.24, 2.45) is 7.05 Å². The van der Waals surface area contributed by atoms with E-state index in [9.17, 15) is 4.79 Å². The molecule has 0 aliphatic heterocycles. The van der Waals surface area contributed by atoms with Crippen molar-refractivity contribution in [2.45, 2.75) is 51.2 Å². The second-order valence-electron chi connectivity index (χ2n) is 7.67. The van der Waals surface area contributed by atoms with E-state index in [0.717, 1.165) is 24.0 Å². The fourth-order valence-electron chi connectivity index (χ4n) is 3.86. The summed E-state index contributed by atoms with van der Waals surface area (Å²) in [4.78, 5) is 12.2. The molecule has 0 radical (unpaired) electrons.